The minimum atomic E-state index is -2.43. The number of ether oxygens (including phenoxy) is 1. The van der Waals surface area contributed by atoms with Gasteiger partial charge in [-0.25, -0.2) is 14.6 Å². The fourth-order valence-corrected chi connectivity index (χ4v) is 0.906. The van der Waals surface area contributed by atoms with Gasteiger partial charge in [-0.3, -0.25) is 4.99 Å². The molecule has 0 rings (SSSR count). The Morgan fingerprint density at radius 3 is 2.47 bits per heavy atom. The predicted molar refractivity (Wildman–Crippen MR) is 56.0 cm³/mol. The van der Waals surface area contributed by atoms with Crippen molar-refractivity contribution >= 4 is 5.84 Å². The van der Waals surface area contributed by atoms with Crippen molar-refractivity contribution in [3.8, 4) is 0 Å². The smallest absolute Gasteiger partial charge is 0.261 e. The van der Waals surface area contributed by atoms with E-state index in [0.717, 1.165) is 0 Å². The number of aliphatic imine (C=N–C) groups is 1. The van der Waals surface area contributed by atoms with Crippen LogP contribution in [0.25, 0.3) is 0 Å². The lowest BCUT2D eigenvalue weighted by Crippen LogP contribution is -2.33. The fourth-order valence-electron chi connectivity index (χ4n) is 0.906. The Morgan fingerprint density at radius 1 is 1.47 bits per heavy atom. The summed E-state index contributed by atoms with van der Waals surface area (Å²) in [5, 5.41) is 0. The van der Waals surface area contributed by atoms with Crippen molar-refractivity contribution in [1.82, 2.24) is 5.43 Å². The maximum atomic E-state index is 11.7. The molecule has 15 heavy (non-hydrogen) atoms. The molecule has 0 aromatic rings. The number of nitrogens with one attached hydrogen (secondary N) is 1. The molecule has 0 aromatic heterocycles. The van der Waals surface area contributed by atoms with E-state index < -0.39 is 13.0 Å². The van der Waals surface area contributed by atoms with Crippen LogP contribution in [0.2, 0.25) is 0 Å². The summed E-state index contributed by atoms with van der Waals surface area (Å²) in [7, 11) is 0. The Kier molecular flexibility index (Phi) is 6.35. The summed E-state index contributed by atoms with van der Waals surface area (Å²) in [6.07, 6.45) is -2.03. The van der Waals surface area contributed by atoms with Gasteiger partial charge in [0.2, 0.25) is 0 Å². The molecule has 6 heteroatoms. The molecule has 0 atom stereocenters. The number of nitrogens with two attached hydrogens (primary N) is 1. The number of hydrazine groups is 1. The Balaban J connectivity index is 3.86. The molecule has 0 saturated carbocycles. The van der Waals surface area contributed by atoms with Gasteiger partial charge in [-0.05, 0) is 20.8 Å². The molecule has 0 radical (unpaired) electrons. The number of halogens is 2. The molecule has 0 aliphatic heterocycles. The van der Waals surface area contributed by atoms with E-state index in [1.807, 2.05) is 20.8 Å². The summed E-state index contributed by atoms with van der Waals surface area (Å²) < 4.78 is 28.1. The van der Waals surface area contributed by atoms with Crippen molar-refractivity contribution in [2.24, 2.45) is 10.8 Å². The number of amidine groups is 1. The Hall–Kier alpha value is -0.750. The zero-order chi connectivity index (χ0) is 11.9. The zero-order valence-corrected chi connectivity index (χ0v) is 9.39. The Labute approximate surface area is 88.9 Å². The van der Waals surface area contributed by atoms with Crippen LogP contribution in [0.15, 0.2) is 4.99 Å². The van der Waals surface area contributed by atoms with E-state index in [9.17, 15) is 8.78 Å². The third-order valence-electron chi connectivity index (χ3n) is 1.36. The van der Waals surface area contributed by atoms with Crippen LogP contribution >= 0.6 is 0 Å². The van der Waals surface area contributed by atoms with E-state index in [4.69, 9.17) is 10.6 Å². The molecule has 4 nitrogen and oxygen atoms in total. The van der Waals surface area contributed by atoms with Crippen LogP contribution in [0.4, 0.5) is 8.78 Å². The summed E-state index contributed by atoms with van der Waals surface area (Å²) in [4.78, 5) is 4.26. The molecule has 0 aromatic carbocycles. The van der Waals surface area contributed by atoms with Gasteiger partial charge in [-0.1, -0.05) is 0 Å². The largest absolute Gasteiger partial charge is 0.375 e. The van der Waals surface area contributed by atoms with Gasteiger partial charge < -0.3 is 10.2 Å². The molecule has 3 N–H and O–H groups in total. The van der Waals surface area contributed by atoms with Crippen molar-refractivity contribution in [1.29, 1.82) is 0 Å². The molecular formula is C9H19F2N3O. The topological polar surface area (TPSA) is 59.6 Å². The molecule has 0 saturated heterocycles. The highest BCUT2D eigenvalue weighted by Gasteiger charge is 2.09. The van der Waals surface area contributed by atoms with Gasteiger partial charge in [0.15, 0.2) is 0 Å². The highest BCUT2D eigenvalue weighted by molar-refractivity contribution is 5.82. The quantitative estimate of drug-likeness (QED) is 0.243. The van der Waals surface area contributed by atoms with E-state index in [1.165, 1.54) is 0 Å². The van der Waals surface area contributed by atoms with Crippen LogP contribution in [0.3, 0.4) is 0 Å². The minimum Gasteiger partial charge on any atom is -0.375 e. The van der Waals surface area contributed by atoms with Gasteiger partial charge in [0.1, 0.15) is 12.4 Å². The van der Waals surface area contributed by atoms with E-state index >= 15 is 0 Å². The second kappa shape index (κ2) is 6.68. The van der Waals surface area contributed by atoms with Crippen LogP contribution in [-0.4, -0.2) is 31.0 Å². The summed E-state index contributed by atoms with van der Waals surface area (Å²) in [5.74, 6) is 5.79. The van der Waals surface area contributed by atoms with Crippen molar-refractivity contribution in [3.63, 3.8) is 0 Å². The first kappa shape index (κ1) is 14.2. The van der Waals surface area contributed by atoms with Crippen molar-refractivity contribution < 1.29 is 13.5 Å². The standard InChI is InChI=1S/C9H19F2N3O/c1-9(2,3)13-8(14-12)4-5-15-6-7(10)11/h7H,4-6,12H2,1-3H3,(H,13,14). The third-order valence-corrected chi connectivity index (χ3v) is 1.36. The number of alkyl halides is 2. The average Bonchev–Trinajstić information content (AvgIpc) is 2.08. The number of hydrogen-bond acceptors (Lipinski definition) is 3. The molecule has 0 aliphatic carbocycles. The molecule has 0 amide bonds. The van der Waals surface area contributed by atoms with Crippen molar-refractivity contribution in [2.75, 3.05) is 13.2 Å². The highest BCUT2D eigenvalue weighted by atomic mass is 19.3. The first-order valence-corrected chi connectivity index (χ1v) is 4.76. The Bertz CT molecular complexity index is 202. The van der Waals surface area contributed by atoms with E-state index in [0.29, 0.717) is 12.3 Å². The lowest BCUT2D eigenvalue weighted by Gasteiger charge is -2.15. The predicted octanol–water partition coefficient (Wildman–Crippen LogP) is 1.32. The first-order valence-electron chi connectivity index (χ1n) is 4.76. The monoisotopic (exact) mass is 223 g/mol. The molecular weight excluding hydrogens is 204 g/mol. The summed E-state index contributed by atoms with van der Waals surface area (Å²) >= 11 is 0. The summed E-state index contributed by atoms with van der Waals surface area (Å²) in [5.41, 5.74) is 2.18. The molecule has 90 valence electrons. The van der Waals surface area contributed by atoms with Gasteiger partial charge in [0.05, 0.1) is 12.1 Å². The molecule has 0 aliphatic rings. The molecule has 0 spiro atoms. The summed E-state index contributed by atoms with van der Waals surface area (Å²) in [6, 6.07) is 0. The second-order valence-electron chi connectivity index (χ2n) is 4.09. The number of nitrogens with zero attached hydrogens (tertiary/aromatic N) is 1. The third kappa shape index (κ3) is 9.55. The van der Waals surface area contributed by atoms with Crippen LogP contribution in [0.5, 0.6) is 0 Å². The van der Waals surface area contributed by atoms with Gasteiger partial charge in [-0.15, -0.1) is 0 Å². The van der Waals surface area contributed by atoms with E-state index in [1.54, 1.807) is 0 Å². The Morgan fingerprint density at radius 2 is 2.07 bits per heavy atom. The van der Waals surface area contributed by atoms with E-state index in [-0.39, 0.29) is 12.1 Å². The average molecular weight is 223 g/mol. The molecule has 0 fully saturated rings. The molecule has 0 unspecified atom stereocenters. The second-order valence-corrected chi connectivity index (χ2v) is 4.09. The van der Waals surface area contributed by atoms with Gasteiger partial charge in [0.25, 0.3) is 6.43 Å². The van der Waals surface area contributed by atoms with Crippen molar-refractivity contribution in [3.05, 3.63) is 0 Å². The molecule has 0 heterocycles. The van der Waals surface area contributed by atoms with Crippen LogP contribution in [0.1, 0.15) is 27.2 Å². The maximum Gasteiger partial charge on any atom is 0.261 e. The van der Waals surface area contributed by atoms with Gasteiger partial charge in [-0.2, -0.15) is 0 Å². The highest BCUT2D eigenvalue weighted by Crippen LogP contribution is 2.07. The van der Waals surface area contributed by atoms with Crippen LogP contribution in [0, 0.1) is 0 Å². The number of hydrogen-bond donors (Lipinski definition) is 2. The zero-order valence-electron chi connectivity index (χ0n) is 9.39. The SMILES string of the molecule is CC(C)(C)N=C(CCOCC(F)F)NN. The van der Waals surface area contributed by atoms with Gasteiger partial charge >= 0.3 is 0 Å². The maximum absolute atomic E-state index is 11.7. The first-order chi connectivity index (χ1) is 6.85. The van der Waals surface area contributed by atoms with Crippen molar-refractivity contribution in [2.45, 2.75) is 39.2 Å². The fraction of sp³-hybridized carbons (Fsp3) is 0.889. The van der Waals surface area contributed by atoms with Crippen LogP contribution in [-0.2, 0) is 4.74 Å². The van der Waals surface area contributed by atoms with Crippen LogP contribution < -0.4 is 11.3 Å². The normalized spacial score (nSPS) is 13.4. The van der Waals surface area contributed by atoms with E-state index in [2.05, 4.69) is 10.4 Å². The minimum absolute atomic E-state index is 0.184. The van der Waals surface area contributed by atoms with Gasteiger partial charge in [0, 0.05) is 6.42 Å². The molecule has 0 bridgehead atoms. The summed E-state index contributed by atoms with van der Waals surface area (Å²) in [6.45, 7) is 5.40. The number of rotatable bonds is 5. The lowest BCUT2D eigenvalue weighted by atomic mass is 10.1. The lowest BCUT2D eigenvalue weighted by molar-refractivity contribution is 0.0200.